The summed E-state index contributed by atoms with van der Waals surface area (Å²) in [7, 11) is 0. The van der Waals surface area contributed by atoms with Gasteiger partial charge < -0.3 is 0 Å². The summed E-state index contributed by atoms with van der Waals surface area (Å²) in [6, 6.07) is 14.4. The van der Waals surface area contributed by atoms with Gasteiger partial charge in [0.25, 0.3) is 5.69 Å². The molecule has 1 N–H and O–H groups in total. The van der Waals surface area contributed by atoms with Gasteiger partial charge in [0.2, 0.25) is 5.13 Å². The lowest BCUT2D eigenvalue weighted by atomic mass is 10.1. The molecule has 1 aromatic heterocycles. The summed E-state index contributed by atoms with van der Waals surface area (Å²) >= 11 is 1.52. The van der Waals surface area contributed by atoms with Crippen LogP contribution < -0.4 is 5.43 Å². The summed E-state index contributed by atoms with van der Waals surface area (Å²) in [5.41, 5.74) is 5.51. The average Bonchev–Trinajstić information content (AvgIpc) is 3.01. The smallest absolute Gasteiger partial charge is 0.258 e. The molecule has 1 heterocycles. The second kappa shape index (κ2) is 7.18. The van der Waals surface area contributed by atoms with Gasteiger partial charge in [-0.2, -0.15) is 5.10 Å². The number of hydrogen-bond acceptors (Lipinski definition) is 6. The molecule has 0 bridgehead atoms. The maximum absolute atomic E-state index is 11.0. The molecule has 3 rings (SSSR count). The van der Waals surface area contributed by atoms with E-state index in [-0.39, 0.29) is 5.69 Å². The molecule has 6 nitrogen and oxygen atoms in total. The molecule has 122 valence electrons. The van der Waals surface area contributed by atoms with E-state index in [9.17, 15) is 10.1 Å². The van der Waals surface area contributed by atoms with Crippen molar-refractivity contribution in [2.75, 3.05) is 5.43 Å². The van der Waals surface area contributed by atoms with Crippen molar-refractivity contribution in [2.45, 2.75) is 19.8 Å². The second-order valence-electron chi connectivity index (χ2n) is 5.21. The zero-order valence-corrected chi connectivity index (χ0v) is 13.9. The predicted octanol–water partition coefficient (Wildman–Crippen LogP) is 4.82. The number of hydrazone groups is 1. The summed E-state index contributed by atoms with van der Waals surface area (Å²) in [5, 5.41) is 16.1. The van der Waals surface area contributed by atoms with Crippen molar-refractivity contribution in [3.63, 3.8) is 0 Å². The molecule has 3 aromatic rings. The van der Waals surface area contributed by atoms with Gasteiger partial charge >= 0.3 is 0 Å². The Morgan fingerprint density at radius 3 is 2.88 bits per heavy atom. The van der Waals surface area contributed by atoms with Crippen LogP contribution in [0, 0.1) is 10.1 Å². The van der Waals surface area contributed by atoms with Gasteiger partial charge in [0.15, 0.2) is 0 Å². The molecule has 0 saturated carbocycles. The fourth-order valence-electron chi connectivity index (χ4n) is 2.34. The van der Waals surface area contributed by atoms with Gasteiger partial charge in [0.05, 0.1) is 20.9 Å². The number of nitrogens with zero attached hydrogens (tertiary/aromatic N) is 3. The van der Waals surface area contributed by atoms with Gasteiger partial charge in [-0.1, -0.05) is 48.9 Å². The van der Waals surface area contributed by atoms with Crippen LogP contribution in [-0.4, -0.2) is 15.6 Å². The molecule has 0 radical (unpaired) electrons. The number of benzene rings is 2. The van der Waals surface area contributed by atoms with Crippen molar-refractivity contribution in [1.29, 1.82) is 0 Å². The van der Waals surface area contributed by atoms with Gasteiger partial charge in [-0.05, 0) is 18.6 Å². The molecule has 0 unspecified atom stereocenters. The van der Waals surface area contributed by atoms with Gasteiger partial charge in [-0.25, -0.2) is 4.98 Å². The summed E-state index contributed by atoms with van der Waals surface area (Å²) in [6.07, 6.45) is 1.61. The first kappa shape index (κ1) is 16.1. The second-order valence-corrected chi connectivity index (χ2v) is 6.25. The first-order valence-corrected chi connectivity index (χ1v) is 8.42. The van der Waals surface area contributed by atoms with E-state index in [0.717, 1.165) is 34.3 Å². The van der Waals surface area contributed by atoms with Crippen molar-refractivity contribution in [1.82, 2.24) is 4.98 Å². The summed E-state index contributed by atoms with van der Waals surface area (Å²) in [4.78, 5) is 15.0. The van der Waals surface area contributed by atoms with E-state index < -0.39 is 4.92 Å². The highest BCUT2D eigenvalue weighted by atomic mass is 32.1. The number of aromatic nitrogens is 1. The van der Waals surface area contributed by atoms with Gasteiger partial charge in [-0.3, -0.25) is 15.5 Å². The molecule has 0 saturated heterocycles. The predicted molar refractivity (Wildman–Crippen MR) is 97.8 cm³/mol. The molecule has 7 heteroatoms. The molecule has 0 aliphatic carbocycles. The maximum Gasteiger partial charge on any atom is 0.270 e. The number of para-hydroxylation sites is 1. The minimum atomic E-state index is -0.395. The first-order chi connectivity index (χ1) is 11.7. The Morgan fingerprint density at radius 1 is 1.29 bits per heavy atom. The van der Waals surface area contributed by atoms with Crippen LogP contribution in [0.1, 0.15) is 25.3 Å². The number of fused-ring (bicyclic) bond motifs is 1. The topological polar surface area (TPSA) is 80.4 Å². The monoisotopic (exact) mass is 340 g/mol. The minimum absolute atomic E-state index is 0.0660. The quantitative estimate of drug-likeness (QED) is 0.396. The highest BCUT2D eigenvalue weighted by Gasteiger charge is 2.10. The number of nitro groups is 1. The molecule has 0 aliphatic heterocycles. The lowest BCUT2D eigenvalue weighted by Gasteiger charge is -2.05. The number of anilines is 1. The largest absolute Gasteiger partial charge is 0.270 e. The van der Waals surface area contributed by atoms with E-state index in [4.69, 9.17) is 0 Å². The van der Waals surface area contributed by atoms with Crippen LogP contribution in [0.2, 0.25) is 0 Å². The fourth-order valence-corrected chi connectivity index (χ4v) is 3.14. The molecule has 0 aliphatic rings. The number of hydrogen-bond donors (Lipinski definition) is 1. The third-order valence-corrected chi connectivity index (χ3v) is 4.40. The Hall–Kier alpha value is -2.80. The average molecular weight is 340 g/mol. The summed E-state index contributed by atoms with van der Waals surface area (Å²) in [5.74, 6) is 0. The van der Waals surface area contributed by atoms with Gasteiger partial charge in [0, 0.05) is 17.7 Å². The van der Waals surface area contributed by atoms with Crippen LogP contribution in [-0.2, 0) is 0 Å². The molecular formula is C17H16N4O2S. The van der Waals surface area contributed by atoms with Crippen molar-refractivity contribution in [3.8, 4) is 0 Å². The number of rotatable bonds is 6. The summed E-state index contributed by atoms with van der Waals surface area (Å²) < 4.78 is 1.09. The van der Waals surface area contributed by atoms with Crippen LogP contribution in [0.3, 0.4) is 0 Å². The Morgan fingerprint density at radius 2 is 2.12 bits per heavy atom. The van der Waals surface area contributed by atoms with E-state index in [0.29, 0.717) is 5.13 Å². The van der Waals surface area contributed by atoms with Crippen molar-refractivity contribution >= 4 is 38.1 Å². The van der Waals surface area contributed by atoms with E-state index >= 15 is 0 Å². The SMILES string of the molecule is CCC/C(=N/Nc1nc2ccccc2s1)c1cccc([N+](=O)[O-])c1. The lowest BCUT2D eigenvalue weighted by Crippen LogP contribution is -2.05. The van der Waals surface area contributed by atoms with Crippen LogP contribution in [0.4, 0.5) is 10.8 Å². The molecular weight excluding hydrogens is 324 g/mol. The van der Waals surface area contributed by atoms with E-state index in [1.54, 1.807) is 12.1 Å². The highest BCUT2D eigenvalue weighted by molar-refractivity contribution is 7.22. The Balaban J connectivity index is 1.88. The maximum atomic E-state index is 11.0. The first-order valence-electron chi connectivity index (χ1n) is 7.60. The van der Waals surface area contributed by atoms with Crippen LogP contribution >= 0.6 is 11.3 Å². The normalized spacial score (nSPS) is 11.6. The molecule has 2 aromatic carbocycles. The Bertz CT molecular complexity index is 871. The molecule has 24 heavy (non-hydrogen) atoms. The van der Waals surface area contributed by atoms with Crippen molar-refractivity contribution < 1.29 is 4.92 Å². The molecule has 0 atom stereocenters. The highest BCUT2D eigenvalue weighted by Crippen LogP contribution is 2.25. The third kappa shape index (κ3) is 3.57. The van der Waals surface area contributed by atoms with Crippen LogP contribution in [0.5, 0.6) is 0 Å². The Labute approximate surface area is 143 Å². The zero-order valence-electron chi connectivity index (χ0n) is 13.1. The van der Waals surface area contributed by atoms with Crippen LogP contribution in [0.25, 0.3) is 10.2 Å². The van der Waals surface area contributed by atoms with E-state index in [2.05, 4.69) is 15.5 Å². The third-order valence-electron chi connectivity index (χ3n) is 3.46. The van der Waals surface area contributed by atoms with Gasteiger partial charge in [0.1, 0.15) is 0 Å². The lowest BCUT2D eigenvalue weighted by molar-refractivity contribution is -0.384. The van der Waals surface area contributed by atoms with E-state index in [1.165, 1.54) is 17.4 Å². The molecule has 0 spiro atoms. The number of nitro benzene ring substituents is 1. The minimum Gasteiger partial charge on any atom is -0.258 e. The fraction of sp³-hybridized carbons (Fsp3) is 0.176. The number of thiazole rings is 1. The number of nitrogens with one attached hydrogen (secondary N) is 1. The molecule has 0 amide bonds. The standard InChI is InChI=1S/C17H16N4O2S/c1-2-6-14(12-7-5-8-13(11-12)21(22)23)19-20-17-18-15-9-3-4-10-16(15)24-17/h3-5,7-11H,2,6H2,1H3,(H,18,20)/b19-14-. The van der Waals surface area contributed by atoms with Crippen molar-refractivity contribution in [2.24, 2.45) is 5.10 Å². The van der Waals surface area contributed by atoms with Gasteiger partial charge in [-0.15, -0.1) is 0 Å². The zero-order chi connectivity index (χ0) is 16.9. The van der Waals surface area contributed by atoms with E-state index in [1.807, 2.05) is 37.3 Å². The molecule has 0 fully saturated rings. The number of non-ortho nitro benzene ring substituents is 1. The summed E-state index contributed by atoms with van der Waals surface area (Å²) in [6.45, 7) is 2.05. The van der Waals surface area contributed by atoms with Crippen molar-refractivity contribution in [3.05, 3.63) is 64.2 Å². The Kier molecular flexibility index (Phi) is 4.81. The van der Waals surface area contributed by atoms with Crippen LogP contribution in [0.15, 0.2) is 53.6 Å².